The smallest absolute Gasteiger partial charge is 0.240 e. The molecule has 1 aliphatic rings. The molecule has 21 heavy (non-hydrogen) atoms. The lowest BCUT2D eigenvalue weighted by Gasteiger charge is -2.26. The van der Waals surface area contributed by atoms with Crippen molar-refractivity contribution < 1.29 is 13.2 Å². The van der Waals surface area contributed by atoms with E-state index in [9.17, 15) is 13.2 Å². The van der Waals surface area contributed by atoms with E-state index in [0.29, 0.717) is 11.4 Å². The van der Waals surface area contributed by atoms with Crippen LogP contribution in [-0.2, 0) is 21.2 Å². The summed E-state index contributed by atoms with van der Waals surface area (Å²) in [7, 11) is -3.18. The largest absolute Gasteiger partial charge is 0.350 e. The maximum Gasteiger partial charge on any atom is 0.240 e. The number of benzene rings is 1. The highest BCUT2D eigenvalue weighted by molar-refractivity contribution is 7.90. The number of hydrogen-bond acceptors (Lipinski definition) is 4. The van der Waals surface area contributed by atoms with Crippen LogP contribution in [0.2, 0.25) is 0 Å². The van der Waals surface area contributed by atoms with Crippen LogP contribution in [0.3, 0.4) is 0 Å². The molecule has 5 nitrogen and oxygen atoms in total. The zero-order valence-electron chi connectivity index (χ0n) is 12.5. The second-order valence-corrected chi connectivity index (χ2v) is 7.58. The number of hydrogen-bond donors (Lipinski definition) is 2. The molecule has 0 aromatic heterocycles. The molecule has 1 aromatic rings. The third kappa shape index (κ3) is 3.63. The summed E-state index contributed by atoms with van der Waals surface area (Å²) < 4.78 is 22.8. The summed E-state index contributed by atoms with van der Waals surface area (Å²) in [5.74, 6) is 0.0229. The van der Waals surface area contributed by atoms with Crippen molar-refractivity contribution in [1.82, 2.24) is 10.6 Å². The number of sulfone groups is 1. The topological polar surface area (TPSA) is 75.3 Å². The second-order valence-electron chi connectivity index (χ2n) is 5.56. The summed E-state index contributed by atoms with van der Waals surface area (Å²) in [6.07, 6.45) is 3.83. The normalized spacial score (nSPS) is 22.2. The molecule has 116 valence electrons. The number of rotatable bonds is 5. The van der Waals surface area contributed by atoms with Gasteiger partial charge in [0.15, 0.2) is 9.84 Å². The van der Waals surface area contributed by atoms with Crippen LogP contribution >= 0.6 is 0 Å². The second kappa shape index (κ2) is 6.15. The van der Waals surface area contributed by atoms with E-state index >= 15 is 0 Å². The monoisotopic (exact) mass is 310 g/mol. The van der Waals surface area contributed by atoms with E-state index in [2.05, 4.69) is 10.6 Å². The Morgan fingerprint density at radius 3 is 2.48 bits per heavy atom. The first kappa shape index (κ1) is 16.0. The summed E-state index contributed by atoms with van der Waals surface area (Å²) in [5.41, 5.74) is 0.451. The summed E-state index contributed by atoms with van der Waals surface area (Å²) in [4.78, 5) is 12.6. The van der Waals surface area contributed by atoms with Crippen LogP contribution in [-0.4, -0.2) is 32.7 Å². The fraction of sp³-hybridized carbons (Fsp3) is 0.533. The molecule has 1 atom stereocenters. The first-order valence-electron chi connectivity index (χ1n) is 7.20. The third-order valence-electron chi connectivity index (χ3n) is 4.09. The third-order valence-corrected chi connectivity index (χ3v) is 5.21. The fourth-order valence-corrected chi connectivity index (χ4v) is 3.30. The highest BCUT2D eigenvalue weighted by Crippen LogP contribution is 2.23. The van der Waals surface area contributed by atoms with E-state index in [1.807, 2.05) is 6.92 Å². The summed E-state index contributed by atoms with van der Waals surface area (Å²) in [5, 5.41) is 6.23. The molecule has 0 aliphatic carbocycles. The van der Waals surface area contributed by atoms with Gasteiger partial charge in [-0.25, -0.2) is 8.42 Å². The van der Waals surface area contributed by atoms with Gasteiger partial charge in [-0.1, -0.05) is 19.1 Å². The van der Waals surface area contributed by atoms with Crippen LogP contribution < -0.4 is 10.6 Å². The molecule has 6 heteroatoms. The fourth-order valence-electron chi connectivity index (χ4n) is 2.67. The molecule has 0 spiro atoms. The molecule has 1 aromatic carbocycles. The summed E-state index contributed by atoms with van der Waals surface area (Å²) in [6.45, 7) is 3.30. The molecular formula is C15H22N2O3S. The number of amides is 1. The summed E-state index contributed by atoms with van der Waals surface area (Å²) in [6, 6.07) is 6.61. The van der Waals surface area contributed by atoms with Crippen molar-refractivity contribution in [1.29, 1.82) is 0 Å². The zero-order valence-corrected chi connectivity index (χ0v) is 13.3. The average Bonchev–Trinajstić information content (AvgIpc) is 2.94. The van der Waals surface area contributed by atoms with E-state index < -0.39 is 15.4 Å². The van der Waals surface area contributed by atoms with E-state index in [4.69, 9.17) is 0 Å². The Labute approximate surface area is 126 Å². The van der Waals surface area contributed by atoms with Gasteiger partial charge in [0.25, 0.3) is 0 Å². The van der Waals surface area contributed by atoms with Crippen molar-refractivity contribution in [2.24, 2.45) is 0 Å². The molecule has 0 saturated carbocycles. The molecular weight excluding hydrogens is 288 g/mol. The predicted molar refractivity (Wildman–Crippen MR) is 81.7 cm³/mol. The molecule has 0 radical (unpaired) electrons. The number of carbonyl (C=O) groups excluding carboxylic acids is 1. The van der Waals surface area contributed by atoms with E-state index in [0.717, 1.165) is 31.4 Å². The molecule has 2 rings (SSSR count). The van der Waals surface area contributed by atoms with Gasteiger partial charge in [0.1, 0.15) is 0 Å². The van der Waals surface area contributed by atoms with Crippen LogP contribution in [0.1, 0.15) is 31.7 Å². The van der Waals surface area contributed by atoms with Crippen LogP contribution in [0.25, 0.3) is 0 Å². The molecule has 1 unspecified atom stereocenters. The van der Waals surface area contributed by atoms with E-state index in [-0.39, 0.29) is 5.91 Å². The first-order chi connectivity index (χ1) is 9.87. The Balaban J connectivity index is 1.98. The molecule has 1 saturated heterocycles. The Kier molecular flexibility index (Phi) is 4.68. The predicted octanol–water partition coefficient (Wildman–Crippen LogP) is 1.24. The van der Waals surface area contributed by atoms with Gasteiger partial charge < -0.3 is 10.6 Å². The van der Waals surface area contributed by atoms with Gasteiger partial charge in [-0.05, 0) is 43.5 Å². The molecule has 1 amide bonds. The standard InChI is InChI=1S/C15H22N2O3S/c1-3-15(9-4-10-17-15)14(18)16-11-12-5-7-13(8-6-12)21(2,19)20/h5-8,17H,3-4,9-11H2,1-2H3,(H,16,18). The highest BCUT2D eigenvalue weighted by atomic mass is 32.2. The van der Waals surface area contributed by atoms with Gasteiger partial charge in [-0.15, -0.1) is 0 Å². The van der Waals surface area contributed by atoms with Gasteiger partial charge >= 0.3 is 0 Å². The number of nitrogens with one attached hydrogen (secondary N) is 2. The minimum absolute atomic E-state index is 0.0229. The number of carbonyl (C=O) groups is 1. The highest BCUT2D eigenvalue weighted by Gasteiger charge is 2.38. The lowest BCUT2D eigenvalue weighted by atomic mass is 9.93. The van der Waals surface area contributed by atoms with E-state index in [1.54, 1.807) is 24.3 Å². The van der Waals surface area contributed by atoms with Gasteiger partial charge in [0.05, 0.1) is 10.4 Å². The zero-order chi connectivity index (χ0) is 15.5. The van der Waals surface area contributed by atoms with Crippen molar-refractivity contribution in [3.05, 3.63) is 29.8 Å². The van der Waals surface area contributed by atoms with Crippen LogP contribution in [0.15, 0.2) is 29.2 Å². The average molecular weight is 310 g/mol. The molecule has 1 heterocycles. The maximum atomic E-state index is 12.3. The molecule has 1 aliphatic heterocycles. The Morgan fingerprint density at radius 2 is 2.00 bits per heavy atom. The van der Waals surface area contributed by atoms with Crippen molar-refractivity contribution in [3.63, 3.8) is 0 Å². The Morgan fingerprint density at radius 1 is 1.33 bits per heavy atom. The van der Waals surface area contributed by atoms with Crippen LogP contribution in [0.5, 0.6) is 0 Å². The van der Waals surface area contributed by atoms with Gasteiger partial charge in [-0.2, -0.15) is 0 Å². The Hall–Kier alpha value is -1.40. The molecule has 1 fully saturated rings. The van der Waals surface area contributed by atoms with Gasteiger partial charge in [-0.3, -0.25) is 4.79 Å². The lowest BCUT2D eigenvalue weighted by Crippen LogP contribution is -2.52. The van der Waals surface area contributed by atoms with Crippen molar-refractivity contribution in [2.75, 3.05) is 12.8 Å². The van der Waals surface area contributed by atoms with Crippen LogP contribution in [0, 0.1) is 0 Å². The quantitative estimate of drug-likeness (QED) is 0.858. The SMILES string of the molecule is CCC1(C(=O)NCc2ccc(S(C)(=O)=O)cc2)CCCN1. The first-order valence-corrected chi connectivity index (χ1v) is 9.09. The van der Waals surface area contributed by atoms with Crippen molar-refractivity contribution >= 4 is 15.7 Å². The van der Waals surface area contributed by atoms with Crippen LogP contribution in [0.4, 0.5) is 0 Å². The summed E-state index contributed by atoms with van der Waals surface area (Å²) >= 11 is 0. The van der Waals surface area contributed by atoms with Crippen molar-refractivity contribution in [3.8, 4) is 0 Å². The molecule has 0 bridgehead atoms. The van der Waals surface area contributed by atoms with Gasteiger partial charge in [0.2, 0.25) is 5.91 Å². The maximum absolute atomic E-state index is 12.3. The molecule has 2 N–H and O–H groups in total. The minimum atomic E-state index is -3.18. The van der Waals surface area contributed by atoms with Gasteiger partial charge in [0, 0.05) is 12.8 Å². The minimum Gasteiger partial charge on any atom is -0.350 e. The lowest BCUT2D eigenvalue weighted by molar-refractivity contribution is -0.127. The Bertz CT molecular complexity index is 602. The van der Waals surface area contributed by atoms with Crippen molar-refractivity contribution in [2.45, 2.75) is 43.2 Å². The van der Waals surface area contributed by atoms with E-state index in [1.165, 1.54) is 6.26 Å².